The van der Waals surface area contributed by atoms with Crippen molar-refractivity contribution < 1.29 is 13.9 Å². The minimum Gasteiger partial charge on any atom is -0.451 e. The number of ether oxygens (including phenoxy) is 1. The fraction of sp³-hybridized carbons (Fsp3) is 0.100. The summed E-state index contributed by atoms with van der Waals surface area (Å²) in [5.74, 6) is 0.257. The van der Waals surface area contributed by atoms with E-state index in [0.29, 0.717) is 22.3 Å². The minimum atomic E-state index is -0.638. The Morgan fingerprint density at radius 3 is 2.57 bits per heavy atom. The zero-order valence-electron chi connectivity index (χ0n) is 15.8. The number of carbonyl (C=O) groups is 1. The number of carbonyl (C=O) groups excluding carboxylic acids is 1. The van der Waals surface area contributed by atoms with Gasteiger partial charge in [-0.1, -0.05) is 41.9 Å². The highest BCUT2D eigenvalue weighted by Crippen LogP contribution is 2.21. The highest BCUT2D eigenvalue weighted by Gasteiger charge is 2.19. The lowest BCUT2D eigenvalue weighted by Gasteiger charge is -2.07. The molecule has 4 rings (SSSR count). The van der Waals surface area contributed by atoms with Gasteiger partial charge in [-0.25, -0.2) is 4.79 Å². The van der Waals surface area contributed by atoms with Crippen molar-refractivity contribution in [1.82, 2.24) is 30.4 Å². The van der Waals surface area contributed by atoms with Crippen molar-refractivity contribution in [3.63, 3.8) is 0 Å². The van der Waals surface area contributed by atoms with Gasteiger partial charge in [0.1, 0.15) is 0 Å². The van der Waals surface area contributed by atoms with Gasteiger partial charge in [-0.05, 0) is 53.3 Å². The van der Waals surface area contributed by atoms with Crippen molar-refractivity contribution in [2.24, 2.45) is 0 Å². The predicted molar refractivity (Wildman–Crippen MR) is 108 cm³/mol. The van der Waals surface area contributed by atoms with Crippen LogP contribution in [0.3, 0.4) is 0 Å². The number of rotatable bonds is 6. The summed E-state index contributed by atoms with van der Waals surface area (Å²) in [7, 11) is 0. The van der Waals surface area contributed by atoms with Gasteiger partial charge in [0, 0.05) is 10.6 Å². The third-order valence-electron chi connectivity index (χ3n) is 4.05. The van der Waals surface area contributed by atoms with Crippen LogP contribution in [0.1, 0.15) is 17.3 Å². The van der Waals surface area contributed by atoms with E-state index >= 15 is 0 Å². The van der Waals surface area contributed by atoms with Gasteiger partial charge in [0.2, 0.25) is 5.89 Å². The molecule has 10 heteroatoms. The standard InChI is InChI=1S/C20H15ClN6O3/c1-13-22-25-26-27(13)17(11-14-5-3-2-4-6-14)20(28)29-12-18-23-24-19(30-18)15-7-9-16(21)10-8-15/h2-11H,12H2,1H3. The van der Waals surface area contributed by atoms with Crippen molar-refractivity contribution in [1.29, 1.82) is 0 Å². The van der Waals surface area contributed by atoms with Crippen LogP contribution in [0.15, 0.2) is 59.0 Å². The second kappa shape index (κ2) is 8.66. The number of hydrogen-bond donors (Lipinski definition) is 0. The first kappa shape index (κ1) is 19.5. The van der Waals surface area contributed by atoms with Crippen LogP contribution in [0.5, 0.6) is 0 Å². The highest BCUT2D eigenvalue weighted by molar-refractivity contribution is 6.30. The van der Waals surface area contributed by atoms with Crippen molar-refractivity contribution in [2.45, 2.75) is 13.5 Å². The first-order valence-corrected chi connectivity index (χ1v) is 9.25. The average molecular weight is 423 g/mol. The maximum absolute atomic E-state index is 12.8. The molecule has 0 saturated carbocycles. The first-order chi connectivity index (χ1) is 14.6. The quantitative estimate of drug-likeness (QED) is 0.343. The van der Waals surface area contributed by atoms with E-state index in [4.69, 9.17) is 20.8 Å². The fourth-order valence-electron chi connectivity index (χ4n) is 2.59. The van der Waals surface area contributed by atoms with E-state index in [1.807, 2.05) is 30.3 Å². The molecule has 0 N–H and O–H groups in total. The number of aryl methyl sites for hydroxylation is 1. The van der Waals surface area contributed by atoms with Crippen LogP contribution in [0.25, 0.3) is 23.2 Å². The predicted octanol–water partition coefficient (Wildman–Crippen LogP) is 3.43. The average Bonchev–Trinajstić information content (AvgIpc) is 3.41. The molecule has 0 amide bonds. The topological polar surface area (TPSA) is 109 Å². The third-order valence-corrected chi connectivity index (χ3v) is 4.30. The van der Waals surface area contributed by atoms with Crippen molar-refractivity contribution in [3.8, 4) is 11.5 Å². The molecule has 0 aliphatic carbocycles. The van der Waals surface area contributed by atoms with Crippen LogP contribution in [0, 0.1) is 6.92 Å². The second-order valence-electron chi connectivity index (χ2n) is 6.16. The SMILES string of the molecule is Cc1nnnn1C(=Cc1ccccc1)C(=O)OCc1nnc(-c2ccc(Cl)cc2)o1. The van der Waals surface area contributed by atoms with Gasteiger partial charge in [-0.15, -0.1) is 15.3 Å². The minimum absolute atomic E-state index is 0.154. The molecule has 0 bridgehead atoms. The van der Waals surface area contributed by atoms with Gasteiger partial charge >= 0.3 is 5.97 Å². The van der Waals surface area contributed by atoms with Crippen LogP contribution in [-0.4, -0.2) is 36.4 Å². The van der Waals surface area contributed by atoms with Crippen LogP contribution >= 0.6 is 11.6 Å². The van der Waals surface area contributed by atoms with E-state index < -0.39 is 5.97 Å². The zero-order valence-corrected chi connectivity index (χ0v) is 16.5. The normalized spacial score (nSPS) is 11.5. The Balaban J connectivity index is 1.52. The summed E-state index contributed by atoms with van der Waals surface area (Å²) in [6.07, 6.45) is 1.64. The Morgan fingerprint density at radius 2 is 1.87 bits per heavy atom. The Bertz CT molecular complexity index is 1180. The molecule has 150 valence electrons. The number of aromatic nitrogens is 6. The molecule has 0 spiro atoms. The Hall–Kier alpha value is -3.85. The molecule has 0 unspecified atom stereocenters. The zero-order chi connectivity index (χ0) is 20.9. The molecular formula is C20H15ClN6O3. The Kier molecular flexibility index (Phi) is 5.62. The molecule has 2 aromatic heterocycles. The number of tetrazole rings is 1. The summed E-state index contributed by atoms with van der Waals surface area (Å²) in [5.41, 5.74) is 1.65. The lowest BCUT2D eigenvalue weighted by molar-refractivity contribution is -0.139. The summed E-state index contributed by atoms with van der Waals surface area (Å²) in [6, 6.07) is 16.2. The van der Waals surface area contributed by atoms with Crippen LogP contribution < -0.4 is 0 Å². The lowest BCUT2D eigenvalue weighted by atomic mass is 10.2. The third kappa shape index (κ3) is 4.41. The second-order valence-corrected chi connectivity index (χ2v) is 6.60. The summed E-state index contributed by atoms with van der Waals surface area (Å²) < 4.78 is 12.2. The Morgan fingerprint density at radius 1 is 1.10 bits per heavy atom. The van der Waals surface area contributed by atoms with Gasteiger partial charge in [-0.3, -0.25) is 0 Å². The van der Waals surface area contributed by atoms with E-state index in [0.717, 1.165) is 5.56 Å². The van der Waals surface area contributed by atoms with E-state index in [2.05, 4.69) is 25.7 Å². The van der Waals surface area contributed by atoms with Crippen LogP contribution in [0.4, 0.5) is 0 Å². The molecule has 2 aromatic carbocycles. The maximum atomic E-state index is 12.8. The maximum Gasteiger partial charge on any atom is 0.357 e. The van der Waals surface area contributed by atoms with Crippen LogP contribution in [0.2, 0.25) is 5.02 Å². The number of esters is 1. The Labute approximate surface area is 176 Å². The molecule has 0 radical (unpaired) electrons. The smallest absolute Gasteiger partial charge is 0.357 e. The van der Waals surface area contributed by atoms with E-state index in [-0.39, 0.29) is 18.2 Å². The number of halogens is 1. The number of benzene rings is 2. The molecule has 4 aromatic rings. The highest BCUT2D eigenvalue weighted by atomic mass is 35.5. The molecule has 0 aliphatic rings. The largest absolute Gasteiger partial charge is 0.451 e. The van der Waals surface area contributed by atoms with Crippen molar-refractivity contribution in [3.05, 3.63) is 76.9 Å². The lowest BCUT2D eigenvalue weighted by Crippen LogP contribution is -2.15. The summed E-state index contributed by atoms with van der Waals surface area (Å²) >= 11 is 5.88. The monoisotopic (exact) mass is 422 g/mol. The summed E-state index contributed by atoms with van der Waals surface area (Å²) in [6.45, 7) is 1.48. The molecular weight excluding hydrogens is 408 g/mol. The molecule has 9 nitrogen and oxygen atoms in total. The first-order valence-electron chi connectivity index (χ1n) is 8.88. The van der Waals surface area contributed by atoms with Crippen molar-refractivity contribution >= 4 is 29.3 Å². The fourth-order valence-corrected chi connectivity index (χ4v) is 2.72. The van der Waals surface area contributed by atoms with Gasteiger partial charge < -0.3 is 9.15 Å². The van der Waals surface area contributed by atoms with Crippen molar-refractivity contribution in [2.75, 3.05) is 0 Å². The molecule has 0 atom stereocenters. The molecule has 2 heterocycles. The number of hydrogen-bond acceptors (Lipinski definition) is 8. The van der Waals surface area contributed by atoms with Gasteiger partial charge in [0.15, 0.2) is 18.1 Å². The summed E-state index contributed by atoms with van der Waals surface area (Å²) in [4.78, 5) is 12.8. The molecule has 0 fully saturated rings. The van der Waals surface area contributed by atoms with E-state index in [1.165, 1.54) is 4.68 Å². The van der Waals surface area contributed by atoms with Gasteiger partial charge in [0.05, 0.1) is 0 Å². The van der Waals surface area contributed by atoms with E-state index in [9.17, 15) is 4.79 Å². The van der Waals surface area contributed by atoms with Gasteiger partial charge in [0.25, 0.3) is 5.89 Å². The van der Waals surface area contributed by atoms with Gasteiger partial charge in [-0.2, -0.15) is 4.68 Å². The number of nitrogens with zero attached hydrogens (tertiary/aromatic N) is 6. The molecule has 0 saturated heterocycles. The molecule has 30 heavy (non-hydrogen) atoms. The summed E-state index contributed by atoms with van der Waals surface area (Å²) in [5, 5.41) is 19.8. The van der Waals surface area contributed by atoms with E-state index in [1.54, 1.807) is 37.3 Å². The molecule has 0 aliphatic heterocycles. The van der Waals surface area contributed by atoms with Crippen LogP contribution in [-0.2, 0) is 16.1 Å².